The maximum Gasteiger partial charge on any atom is 0.222 e. The minimum Gasteiger partial charge on any atom is -0.326 e. The van der Waals surface area contributed by atoms with Gasteiger partial charge in [-0.2, -0.15) is 0 Å². The van der Waals surface area contributed by atoms with Crippen molar-refractivity contribution in [2.75, 3.05) is 5.32 Å². The summed E-state index contributed by atoms with van der Waals surface area (Å²) in [6.45, 7) is 1.43. The SMILES string of the molecule is CC(=O)Nc1cccc(-c2nnc[nH]2)n1. The standard InChI is InChI=1S/C9H9N5O/c1-6(15)12-8-4-2-3-7(13-8)9-10-5-11-14-9/h2-5H,1H3,(H,10,11,14)(H,12,13,15). The van der Waals surface area contributed by atoms with Gasteiger partial charge in [0, 0.05) is 6.92 Å². The zero-order valence-electron chi connectivity index (χ0n) is 8.06. The van der Waals surface area contributed by atoms with Gasteiger partial charge in [-0.25, -0.2) is 4.98 Å². The smallest absolute Gasteiger partial charge is 0.222 e. The third kappa shape index (κ3) is 2.16. The van der Waals surface area contributed by atoms with Crippen molar-refractivity contribution < 1.29 is 4.79 Å². The van der Waals surface area contributed by atoms with Crippen LogP contribution in [0.3, 0.4) is 0 Å². The maximum absolute atomic E-state index is 10.8. The van der Waals surface area contributed by atoms with Crippen LogP contribution in [0.15, 0.2) is 24.5 Å². The van der Waals surface area contributed by atoms with Crippen LogP contribution in [0.5, 0.6) is 0 Å². The molecule has 6 nitrogen and oxygen atoms in total. The van der Waals surface area contributed by atoms with Crippen molar-refractivity contribution in [3.8, 4) is 11.5 Å². The molecular formula is C9H9N5O. The number of carbonyl (C=O) groups excluding carboxylic acids is 1. The van der Waals surface area contributed by atoms with E-state index in [2.05, 4.69) is 25.5 Å². The summed E-state index contributed by atoms with van der Waals surface area (Å²) in [5.41, 5.74) is 0.638. The van der Waals surface area contributed by atoms with Gasteiger partial charge in [-0.1, -0.05) is 6.07 Å². The molecule has 2 aromatic heterocycles. The van der Waals surface area contributed by atoms with Crippen LogP contribution < -0.4 is 5.32 Å². The van der Waals surface area contributed by atoms with E-state index in [1.807, 2.05) is 0 Å². The summed E-state index contributed by atoms with van der Waals surface area (Å²) < 4.78 is 0. The largest absolute Gasteiger partial charge is 0.326 e. The highest BCUT2D eigenvalue weighted by atomic mass is 16.1. The fourth-order valence-electron chi connectivity index (χ4n) is 1.15. The van der Waals surface area contributed by atoms with E-state index >= 15 is 0 Å². The molecule has 0 aliphatic rings. The van der Waals surface area contributed by atoms with Gasteiger partial charge in [0.2, 0.25) is 5.91 Å². The van der Waals surface area contributed by atoms with Crippen molar-refractivity contribution in [1.29, 1.82) is 0 Å². The highest BCUT2D eigenvalue weighted by molar-refractivity contribution is 5.87. The fraction of sp³-hybridized carbons (Fsp3) is 0.111. The monoisotopic (exact) mass is 203 g/mol. The van der Waals surface area contributed by atoms with Crippen LogP contribution in [-0.4, -0.2) is 26.1 Å². The molecule has 0 atom stereocenters. The zero-order chi connectivity index (χ0) is 10.7. The summed E-state index contributed by atoms with van der Waals surface area (Å²) in [6, 6.07) is 5.28. The molecule has 0 radical (unpaired) electrons. The van der Waals surface area contributed by atoms with Gasteiger partial charge in [0.1, 0.15) is 17.8 Å². The second kappa shape index (κ2) is 3.87. The number of hydrogen-bond donors (Lipinski definition) is 2. The third-order valence-corrected chi connectivity index (χ3v) is 1.71. The molecule has 0 saturated heterocycles. The van der Waals surface area contributed by atoms with Crippen molar-refractivity contribution >= 4 is 11.7 Å². The number of pyridine rings is 1. The molecule has 2 rings (SSSR count). The Morgan fingerprint density at radius 3 is 3.00 bits per heavy atom. The predicted octanol–water partition coefficient (Wildman–Crippen LogP) is 0.825. The predicted molar refractivity (Wildman–Crippen MR) is 53.9 cm³/mol. The molecule has 2 aromatic rings. The first-order valence-electron chi connectivity index (χ1n) is 4.37. The van der Waals surface area contributed by atoms with E-state index < -0.39 is 0 Å². The van der Waals surface area contributed by atoms with Crippen LogP contribution in [0, 0.1) is 0 Å². The van der Waals surface area contributed by atoms with Crippen molar-refractivity contribution in [3.05, 3.63) is 24.5 Å². The Bertz CT molecular complexity index is 465. The Balaban J connectivity index is 2.31. The van der Waals surface area contributed by atoms with Gasteiger partial charge in [0.05, 0.1) is 0 Å². The molecule has 0 aliphatic heterocycles. The molecule has 0 aliphatic carbocycles. The normalized spacial score (nSPS) is 9.93. The van der Waals surface area contributed by atoms with Gasteiger partial charge in [-0.05, 0) is 12.1 Å². The molecule has 0 bridgehead atoms. The number of nitrogens with one attached hydrogen (secondary N) is 2. The van der Waals surface area contributed by atoms with E-state index in [-0.39, 0.29) is 5.91 Å². The van der Waals surface area contributed by atoms with Gasteiger partial charge >= 0.3 is 0 Å². The highest BCUT2D eigenvalue weighted by Crippen LogP contribution is 2.13. The Morgan fingerprint density at radius 2 is 2.33 bits per heavy atom. The molecule has 2 N–H and O–H groups in total. The first kappa shape index (κ1) is 9.32. The Labute approximate surface area is 85.8 Å². The number of aromatic nitrogens is 4. The molecule has 0 saturated carbocycles. The number of amides is 1. The first-order chi connectivity index (χ1) is 7.25. The molecule has 1 amide bonds. The lowest BCUT2D eigenvalue weighted by Crippen LogP contribution is -2.07. The van der Waals surface area contributed by atoms with Crippen LogP contribution in [0.2, 0.25) is 0 Å². The molecule has 15 heavy (non-hydrogen) atoms. The number of anilines is 1. The number of aromatic amines is 1. The minimum absolute atomic E-state index is 0.155. The Kier molecular flexibility index (Phi) is 2.40. The molecule has 0 spiro atoms. The van der Waals surface area contributed by atoms with Gasteiger partial charge in [-0.15, -0.1) is 10.2 Å². The topological polar surface area (TPSA) is 83.6 Å². The van der Waals surface area contributed by atoms with Gasteiger partial charge < -0.3 is 10.3 Å². The lowest BCUT2D eigenvalue weighted by Gasteiger charge is -2.01. The van der Waals surface area contributed by atoms with E-state index in [1.54, 1.807) is 18.2 Å². The highest BCUT2D eigenvalue weighted by Gasteiger charge is 2.03. The van der Waals surface area contributed by atoms with Crippen LogP contribution in [0.1, 0.15) is 6.92 Å². The van der Waals surface area contributed by atoms with Crippen LogP contribution in [0.4, 0.5) is 5.82 Å². The number of nitrogens with zero attached hydrogens (tertiary/aromatic N) is 3. The lowest BCUT2D eigenvalue weighted by atomic mass is 10.3. The second-order valence-electron chi connectivity index (χ2n) is 2.93. The number of rotatable bonds is 2. The van der Waals surface area contributed by atoms with Crippen LogP contribution in [0.25, 0.3) is 11.5 Å². The summed E-state index contributed by atoms with van der Waals surface area (Å²) in [7, 11) is 0. The van der Waals surface area contributed by atoms with E-state index in [4.69, 9.17) is 0 Å². The fourth-order valence-corrected chi connectivity index (χ4v) is 1.15. The van der Waals surface area contributed by atoms with Crippen LogP contribution >= 0.6 is 0 Å². The summed E-state index contributed by atoms with van der Waals surface area (Å²) >= 11 is 0. The van der Waals surface area contributed by atoms with E-state index in [1.165, 1.54) is 13.3 Å². The van der Waals surface area contributed by atoms with Crippen molar-refractivity contribution in [2.24, 2.45) is 0 Å². The minimum atomic E-state index is -0.155. The molecule has 0 fully saturated rings. The van der Waals surface area contributed by atoms with E-state index in [0.717, 1.165) is 0 Å². The van der Waals surface area contributed by atoms with Crippen LogP contribution in [-0.2, 0) is 4.79 Å². The van der Waals surface area contributed by atoms with Crippen molar-refractivity contribution in [3.63, 3.8) is 0 Å². The second-order valence-corrected chi connectivity index (χ2v) is 2.93. The van der Waals surface area contributed by atoms with Crippen molar-refractivity contribution in [2.45, 2.75) is 6.92 Å². The Morgan fingerprint density at radius 1 is 1.47 bits per heavy atom. The zero-order valence-corrected chi connectivity index (χ0v) is 8.06. The van der Waals surface area contributed by atoms with Crippen molar-refractivity contribution in [1.82, 2.24) is 20.2 Å². The molecular weight excluding hydrogens is 194 g/mol. The molecule has 0 aromatic carbocycles. The van der Waals surface area contributed by atoms with E-state index in [9.17, 15) is 4.79 Å². The molecule has 6 heteroatoms. The summed E-state index contributed by atoms with van der Waals surface area (Å²) in [5, 5.41) is 10.1. The van der Waals surface area contributed by atoms with Gasteiger partial charge in [-0.3, -0.25) is 4.79 Å². The molecule has 76 valence electrons. The lowest BCUT2D eigenvalue weighted by molar-refractivity contribution is -0.114. The van der Waals surface area contributed by atoms with Gasteiger partial charge in [0.25, 0.3) is 0 Å². The average molecular weight is 203 g/mol. The molecule has 0 unspecified atom stereocenters. The third-order valence-electron chi connectivity index (χ3n) is 1.71. The first-order valence-corrected chi connectivity index (χ1v) is 4.37. The quantitative estimate of drug-likeness (QED) is 0.757. The van der Waals surface area contributed by atoms with Gasteiger partial charge in [0.15, 0.2) is 5.82 Å². The van der Waals surface area contributed by atoms with E-state index in [0.29, 0.717) is 17.3 Å². The summed E-state index contributed by atoms with van der Waals surface area (Å²) in [6.07, 6.45) is 1.47. The maximum atomic E-state index is 10.8. The summed E-state index contributed by atoms with van der Waals surface area (Å²) in [4.78, 5) is 17.9. The number of hydrogen-bond acceptors (Lipinski definition) is 4. The average Bonchev–Trinajstić information content (AvgIpc) is 2.69. The molecule has 2 heterocycles. The number of H-pyrrole nitrogens is 1. The Hall–Kier alpha value is -2.24. The summed E-state index contributed by atoms with van der Waals surface area (Å²) in [5.74, 6) is 0.913. The number of carbonyl (C=O) groups is 1.